The molecule has 0 rings (SSSR count). The molecule has 0 aromatic rings. The van der Waals surface area contributed by atoms with Gasteiger partial charge in [-0.05, 0) is 25.1 Å². The van der Waals surface area contributed by atoms with E-state index >= 15 is 0 Å². The predicted octanol–water partition coefficient (Wildman–Crippen LogP) is 8.54. The van der Waals surface area contributed by atoms with Crippen LogP contribution in [-0.4, -0.2) is 61.1 Å². The molecular formula is C37H75N5O2S. The van der Waals surface area contributed by atoms with Crippen LogP contribution in [0.3, 0.4) is 0 Å². The molecule has 0 aromatic heterocycles. The largest absolute Gasteiger partial charge is 0.361 e. The summed E-state index contributed by atoms with van der Waals surface area (Å²) < 4.78 is 0. The lowest BCUT2D eigenvalue weighted by molar-refractivity contribution is -0.133. The third-order valence-corrected chi connectivity index (χ3v) is 8.93. The van der Waals surface area contributed by atoms with Gasteiger partial charge in [-0.25, -0.2) is 0 Å². The van der Waals surface area contributed by atoms with Gasteiger partial charge in [0, 0.05) is 52.1 Å². The Kier molecular flexibility index (Phi) is 34.3. The fraction of sp³-hybridized carbons (Fsp3) is 0.919. The minimum absolute atomic E-state index is 0.0818. The second-order valence-corrected chi connectivity index (χ2v) is 13.4. The molecule has 0 spiro atoms. The highest BCUT2D eigenvalue weighted by Gasteiger charge is 2.15. The predicted molar refractivity (Wildman–Crippen MR) is 199 cm³/mol. The van der Waals surface area contributed by atoms with Crippen molar-refractivity contribution in [2.45, 2.75) is 181 Å². The molecule has 0 radical (unpaired) electrons. The van der Waals surface area contributed by atoms with Gasteiger partial charge in [-0.3, -0.25) is 9.59 Å². The van der Waals surface area contributed by atoms with Crippen molar-refractivity contribution >= 4 is 29.1 Å². The lowest BCUT2D eigenvalue weighted by Gasteiger charge is -2.23. The van der Waals surface area contributed by atoms with E-state index in [2.05, 4.69) is 29.8 Å². The minimum Gasteiger partial charge on any atom is -0.361 e. The van der Waals surface area contributed by atoms with Crippen molar-refractivity contribution in [3.05, 3.63) is 0 Å². The number of amides is 2. The SMILES string of the molecule is CCCCCCCCCCCCCCN(CCCCCCCCCCCCCC)C(=O)CCC(=O)NCCNC(=S)NCCN. The van der Waals surface area contributed by atoms with E-state index in [1.807, 2.05) is 4.90 Å². The number of hydrogen-bond donors (Lipinski definition) is 4. The number of thiocarbonyl (C=S) groups is 1. The van der Waals surface area contributed by atoms with Crippen LogP contribution in [-0.2, 0) is 9.59 Å². The highest BCUT2D eigenvalue weighted by Crippen LogP contribution is 2.14. The lowest BCUT2D eigenvalue weighted by Crippen LogP contribution is -2.41. The molecule has 266 valence electrons. The summed E-state index contributed by atoms with van der Waals surface area (Å²) >= 11 is 5.15. The summed E-state index contributed by atoms with van der Waals surface area (Å²) in [5.41, 5.74) is 5.46. The average molecular weight is 654 g/mol. The van der Waals surface area contributed by atoms with E-state index < -0.39 is 0 Å². The normalized spacial score (nSPS) is 11.0. The number of rotatable bonds is 34. The molecule has 0 aliphatic heterocycles. The molecule has 0 aliphatic rings. The zero-order valence-corrected chi connectivity index (χ0v) is 30.7. The molecule has 5 N–H and O–H groups in total. The van der Waals surface area contributed by atoms with E-state index in [4.69, 9.17) is 18.0 Å². The first kappa shape index (κ1) is 43.6. The molecule has 0 fully saturated rings. The van der Waals surface area contributed by atoms with Crippen LogP contribution in [0.4, 0.5) is 0 Å². The Morgan fingerprint density at radius 2 is 0.867 bits per heavy atom. The second-order valence-electron chi connectivity index (χ2n) is 13.0. The fourth-order valence-corrected chi connectivity index (χ4v) is 5.95. The number of carbonyl (C=O) groups is 2. The van der Waals surface area contributed by atoms with Crippen LogP contribution in [0.15, 0.2) is 0 Å². The van der Waals surface area contributed by atoms with Gasteiger partial charge in [0.1, 0.15) is 0 Å². The molecule has 8 heteroatoms. The van der Waals surface area contributed by atoms with Crippen LogP contribution in [0.25, 0.3) is 0 Å². The third-order valence-electron chi connectivity index (χ3n) is 8.64. The summed E-state index contributed by atoms with van der Waals surface area (Å²) in [7, 11) is 0. The summed E-state index contributed by atoms with van der Waals surface area (Å²) in [4.78, 5) is 27.5. The molecule has 0 unspecified atom stereocenters. The van der Waals surface area contributed by atoms with Crippen LogP contribution in [0.5, 0.6) is 0 Å². The number of unbranched alkanes of at least 4 members (excludes halogenated alkanes) is 22. The number of nitrogens with two attached hydrogens (primary N) is 1. The molecule has 0 aromatic carbocycles. The van der Waals surface area contributed by atoms with Crippen LogP contribution in [0.1, 0.15) is 181 Å². The molecule has 0 atom stereocenters. The first-order chi connectivity index (χ1) is 22.0. The lowest BCUT2D eigenvalue weighted by atomic mass is 10.0. The van der Waals surface area contributed by atoms with Crippen molar-refractivity contribution in [1.82, 2.24) is 20.9 Å². The van der Waals surface area contributed by atoms with Crippen LogP contribution >= 0.6 is 12.2 Å². The first-order valence-electron chi connectivity index (χ1n) is 19.3. The van der Waals surface area contributed by atoms with Gasteiger partial charge in [0.25, 0.3) is 0 Å². The molecule has 0 saturated carbocycles. The summed E-state index contributed by atoms with van der Waals surface area (Å²) in [6.45, 7) is 8.35. The van der Waals surface area contributed by atoms with Gasteiger partial charge in [0.15, 0.2) is 5.11 Å². The highest BCUT2D eigenvalue weighted by molar-refractivity contribution is 7.80. The molecule has 0 heterocycles. The van der Waals surface area contributed by atoms with E-state index in [-0.39, 0.29) is 24.7 Å². The third kappa shape index (κ3) is 32.3. The van der Waals surface area contributed by atoms with Crippen molar-refractivity contribution in [2.75, 3.05) is 39.3 Å². The van der Waals surface area contributed by atoms with E-state index in [1.54, 1.807) is 0 Å². The zero-order valence-electron chi connectivity index (χ0n) is 29.9. The Morgan fingerprint density at radius 1 is 0.511 bits per heavy atom. The minimum atomic E-state index is -0.0818. The molecule has 0 aliphatic carbocycles. The van der Waals surface area contributed by atoms with Gasteiger partial charge in [0.2, 0.25) is 11.8 Å². The Bertz CT molecular complexity index is 651. The Balaban J connectivity index is 4.26. The van der Waals surface area contributed by atoms with Crippen molar-refractivity contribution < 1.29 is 9.59 Å². The quantitative estimate of drug-likeness (QED) is 0.0410. The Hall–Kier alpha value is -1.41. The van der Waals surface area contributed by atoms with E-state index in [0.717, 1.165) is 25.9 Å². The number of nitrogens with one attached hydrogen (secondary N) is 3. The van der Waals surface area contributed by atoms with Crippen LogP contribution < -0.4 is 21.7 Å². The van der Waals surface area contributed by atoms with Gasteiger partial charge in [-0.1, -0.05) is 155 Å². The number of carbonyl (C=O) groups excluding carboxylic acids is 2. The molecule has 45 heavy (non-hydrogen) atoms. The van der Waals surface area contributed by atoms with Crippen molar-refractivity contribution in [3.8, 4) is 0 Å². The summed E-state index contributed by atoms with van der Waals surface area (Å²) in [6.07, 6.45) is 32.2. The van der Waals surface area contributed by atoms with Crippen molar-refractivity contribution in [1.29, 1.82) is 0 Å². The second kappa shape index (κ2) is 35.4. The maximum Gasteiger partial charge on any atom is 0.223 e. The maximum atomic E-state index is 13.1. The summed E-state index contributed by atoms with van der Waals surface area (Å²) in [5.74, 6) is 0.0447. The monoisotopic (exact) mass is 654 g/mol. The Morgan fingerprint density at radius 3 is 1.27 bits per heavy atom. The maximum absolute atomic E-state index is 13.1. The van der Waals surface area contributed by atoms with Crippen LogP contribution in [0, 0.1) is 0 Å². The number of hydrogen-bond acceptors (Lipinski definition) is 4. The first-order valence-corrected chi connectivity index (χ1v) is 19.7. The zero-order chi connectivity index (χ0) is 33.1. The highest BCUT2D eigenvalue weighted by atomic mass is 32.1. The molecule has 0 saturated heterocycles. The van der Waals surface area contributed by atoms with Gasteiger partial charge in [0.05, 0.1) is 0 Å². The van der Waals surface area contributed by atoms with Crippen molar-refractivity contribution in [3.63, 3.8) is 0 Å². The molecule has 2 amide bonds. The smallest absolute Gasteiger partial charge is 0.223 e. The van der Waals surface area contributed by atoms with Gasteiger partial charge in [-0.2, -0.15) is 0 Å². The molecule has 0 bridgehead atoms. The van der Waals surface area contributed by atoms with Gasteiger partial charge >= 0.3 is 0 Å². The van der Waals surface area contributed by atoms with E-state index in [1.165, 1.54) is 141 Å². The average Bonchev–Trinajstić information content (AvgIpc) is 3.04. The van der Waals surface area contributed by atoms with E-state index in [0.29, 0.717) is 31.3 Å². The van der Waals surface area contributed by atoms with Gasteiger partial charge < -0.3 is 26.6 Å². The van der Waals surface area contributed by atoms with Gasteiger partial charge in [-0.15, -0.1) is 0 Å². The Labute approximate surface area is 284 Å². The van der Waals surface area contributed by atoms with Crippen LogP contribution in [0.2, 0.25) is 0 Å². The molecular weight excluding hydrogens is 579 g/mol. The van der Waals surface area contributed by atoms with Crippen molar-refractivity contribution in [2.24, 2.45) is 5.73 Å². The summed E-state index contributed by atoms with van der Waals surface area (Å²) in [5, 5.41) is 9.47. The topological polar surface area (TPSA) is 99.5 Å². The fourth-order valence-electron chi connectivity index (χ4n) is 5.74. The number of nitrogens with zero attached hydrogens (tertiary/aromatic N) is 1. The molecule has 7 nitrogen and oxygen atoms in total. The standard InChI is InChI=1S/C37H75N5O2S/c1-3-5-7-9-11-13-15-17-19-21-23-25-33-42(34-26-24-22-20-18-16-14-12-10-8-6-4-2)36(44)28-27-35(43)39-31-32-41-37(45)40-30-29-38/h3-34,38H2,1-2H3,(H,39,43)(H2,40,41,45). The van der Waals surface area contributed by atoms with E-state index in [9.17, 15) is 9.59 Å². The summed E-state index contributed by atoms with van der Waals surface area (Å²) in [6, 6.07) is 0.